The molecule has 156 valence electrons. The highest BCUT2D eigenvalue weighted by Gasteiger charge is 2.22. The first kappa shape index (κ1) is 21.8. The second kappa shape index (κ2) is 10.8. The van der Waals surface area contributed by atoms with Gasteiger partial charge in [-0.3, -0.25) is 9.69 Å². The van der Waals surface area contributed by atoms with E-state index in [2.05, 4.69) is 38.4 Å². The Hall–Kier alpha value is -1.89. The molecule has 1 aliphatic heterocycles. The van der Waals surface area contributed by atoms with Crippen molar-refractivity contribution in [1.29, 1.82) is 0 Å². The zero-order valence-electron chi connectivity index (χ0n) is 17.2. The fraction of sp³-hybridized carbons (Fsp3) is 0.435. The molecular weight excluding hydrogens is 430 g/mol. The van der Waals surface area contributed by atoms with E-state index in [1.54, 1.807) is 0 Å². The fourth-order valence-electron chi connectivity index (χ4n) is 3.72. The molecule has 0 saturated carbocycles. The summed E-state index contributed by atoms with van der Waals surface area (Å²) in [5, 5.41) is 6.43. The number of nitrogens with zero attached hydrogens (tertiary/aromatic N) is 1. The van der Waals surface area contributed by atoms with Crippen molar-refractivity contribution >= 4 is 27.5 Å². The predicted molar refractivity (Wildman–Crippen MR) is 121 cm³/mol. The summed E-state index contributed by atoms with van der Waals surface area (Å²) in [7, 11) is 0. The van der Waals surface area contributed by atoms with Crippen molar-refractivity contribution in [1.82, 2.24) is 10.2 Å². The summed E-state index contributed by atoms with van der Waals surface area (Å²) < 4.78 is 6.83. The van der Waals surface area contributed by atoms with Crippen LogP contribution in [0.15, 0.2) is 46.9 Å². The first-order valence-corrected chi connectivity index (χ1v) is 11.1. The fourth-order valence-corrected chi connectivity index (χ4v) is 4.13. The molecule has 1 atom stereocenters. The van der Waals surface area contributed by atoms with Crippen LogP contribution in [0.25, 0.3) is 0 Å². The average Bonchev–Trinajstić information content (AvgIpc) is 3.16. The standard InChI is InChI=1S/C23H30BrN3O2/c1-3-27-12-4-5-21(27)15-25-14-18-13-19(24)8-11-22(18)29-16-23(28)26-20-9-6-17(2)7-10-20/h6-11,13,21,25H,3-5,12,14-16H2,1-2H3,(H,26,28)/t21-/m0/s1. The number of carbonyl (C=O) groups excluding carboxylic acids is 1. The Morgan fingerprint density at radius 2 is 2.03 bits per heavy atom. The van der Waals surface area contributed by atoms with Gasteiger partial charge in [0.25, 0.3) is 5.91 Å². The van der Waals surface area contributed by atoms with Crippen LogP contribution in [0.4, 0.5) is 5.69 Å². The lowest BCUT2D eigenvalue weighted by molar-refractivity contribution is -0.118. The number of nitrogens with one attached hydrogen (secondary N) is 2. The van der Waals surface area contributed by atoms with Crippen LogP contribution >= 0.6 is 15.9 Å². The van der Waals surface area contributed by atoms with Gasteiger partial charge in [-0.1, -0.05) is 40.5 Å². The Labute approximate surface area is 181 Å². The molecule has 0 aromatic heterocycles. The van der Waals surface area contributed by atoms with Crippen LogP contribution in [0, 0.1) is 6.92 Å². The number of halogens is 1. The van der Waals surface area contributed by atoms with E-state index in [1.165, 1.54) is 19.4 Å². The Morgan fingerprint density at radius 1 is 1.24 bits per heavy atom. The molecule has 3 rings (SSSR count). The number of amides is 1. The van der Waals surface area contributed by atoms with Gasteiger partial charge in [0.2, 0.25) is 0 Å². The highest BCUT2D eigenvalue weighted by atomic mass is 79.9. The third-order valence-corrected chi connectivity index (χ3v) is 5.81. The van der Waals surface area contributed by atoms with Crippen molar-refractivity contribution in [3.8, 4) is 5.75 Å². The number of rotatable bonds is 9. The molecule has 1 aliphatic rings. The SMILES string of the molecule is CCN1CCC[C@H]1CNCc1cc(Br)ccc1OCC(=O)Nc1ccc(C)cc1. The number of hydrogen-bond donors (Lipinski definition) is 2. The number of carbonyl (C=O) groups is 1. The maximum atomic E-state index is 12.2. The average molecular weight is 460 g/mol. The first-order valence-electron chi connectivity index (χ1n) is 10.3. The lowest BCUT2D eigenvalue weighted by Crippen LogP contribution is -2.37. The van der Waals surface area contributed by atoms with Crippen molar-refractivity contribution in [3.05, 3.63) is 58.1 Å². The second-order valence-electron chi connectivity index (χ2n) is 7.51. The van der Waals surface area contributed by atoms with Gasteiger partial charge in [0, 0.05) is 34.9 Å². The van der Waals surface area contributed by atoms with Gasteiger partial charge in [-0.2, -0.15) is 0 Å². The van der Waals surface area contributed by atoms with E-state index in [0.29, 0.717) is 12.6 Å². The van der Waals surface area contributed by atoms with Crippen molar-refractivity contribution in [2.45, 2.75) is 39.3 Å². The van der Waals surface area contributed by atoms with E-state index in [4.69, 9.17) is 4.74 Å². The minimum Gasteiger partial charge on any atom is -0.483 e. The van der Waals surface area contributed by atoms with E-state index in [0.717, 1.165) is 40.1 Å². The van der Waals surface area contributed by atoms with Crippen LogP contribution in [-0.2, 0) is 11.3 Å². The molecule has 0 spiro atoms. The van der Waals surface area contributed by atoms with Crippen LogP contribution < -0.4 is 15.4 Å². The highest BCUT2D eigenvalue weighted by Crippen LogP contribution is 2.24. The molecule has 0 radical (unpaired) electrons. The Bertz CT molecular complexity index is 810. The predicted octanol–water partition coefficient (Wildman–Crippen LogP) is 4.35. The molecule has 2 N–H and O–H groups in total. The molecule has 1 saturated heterocycles. The maximum Gasteiger partial charge on any atom is 0.262 e. The smallest absolute Gasteiger partial charge is 0.262 e. The summed E-state index contributed by atoms with van der Waals surface area (Å²) in [6.07, 6.45) is 2.53. The third-order valence-electron chi connectivity index (χ3n) is 5.32. The van der Waals surface area contributed by atoms with Crippen molar-refractivity contribution in [2.24, 2.45) is 0 Å². The maximum absolute atomic E-state index is 12.2. The van der Waals surface area contributed by atoms with Crippen molar-refractivity contribution in [3.63, 3.8) is 0 Å². The molecule has 0 bridgehead atoms. The molecule has 1 amide bonds. The van der Waals surface area contributed by atoms with Gasteiger partial charge in [-0.05, 0) is 63.2 Å². The van der Waals surface area contributed by atoms with Gasteiger partial charge >= 0.3 is 0 Å². The van der Waals surface area contributed by atoms with Crippen LogP contribution in [0.1, 0.15) is 30.9 Å². The summed E-state index contributed by atoms with van der Waals surface area (Å²) in [6.45, 7) is 8.20. The monoisotopic (exact) mass is 459 g/mol. The second-order valence-corrected chi connectivity index (χ2v) is 8.43. The van der Waals surface area contributed by atoms with E-state index in [1.807, 2.05) is 49.4 Å². The van der Waals surface area contributed by atoms with E-state index >= 15 is 0 Å². The zero-order valence-corrected chi connectivity index (χ0v) is 18.8. The van der Waals surface area contributed by atoms with Crippen LogP contribution in [0.5, 0.6) is 5.75 Å². The van der Waals surface area contributed by atoms with Crippen molar-refractivity contribution < 1.29 is 9.53 Å². The van der Waals surface area contributed by atoms with Crippen LogP contribution in [0.2, 0.25) is 0 Å². The largest absolute Gasteiger partial charge is 0.483 e. The Kier molecular flexibility index (Phi) is 8.09. The number of likely N-dealkylation sites (N-methyl/N-ethyl adjacent to an activating group) is 1. The van der Waals surface area contributed by atoms with Gasteiger partial charge < -0.3 is 15.4 Å². The lowest BCUT2D eigenvalue weighted by atomic mass is 10.2. The summed E-state index contributed by atoms with van der Waals surface area (Å²) >= 11 is 3.53. The summed E-state index contributed by atoms with van der Waals surface area (Å²) in [4.78, 5) is 14.8. The number of anilines is 1. The van der Waals surface area contributed by atoms with E-state index < -0.39 is 0 Å². The van der Waals surface area contributed by atoms with Gasteiger partial charge in [-0.25, -0.2) is 0 Å². The summed E-state index contributed by atoms with van der Waals surface area (Å²) in [5.74, 6) is 0.568. The quantitative estimate of drug-likeness (QED) is 0.585. The number of likely N-dealkylation sites (tertiary alicyclic amines) is 1. The molecule has 2 aromatic carbocycles. The van der Waals surface area contributed by atoms with E-state index in [-0.39, 0.29) is 12.5 Å². The minimum absolute atomic E-state index is 0.0191. The van der Waals surface area contributed by atoms with E-state index in [9.17, 15) is 4.79 Å². The third kappa shape index (κ3) is 6.56. The first-order chi connectivity index (χ1) is 14.0. The van der Waals surface area contributed by atoms with Gasteiger partial charge in [-0.15, -0.1) is 0 Å². The molecule has 0 unspecified atom stereocenters. The van der Waals surface area contributed by atoms with Gasteiger partial charge in [0.1, 0.15) is 5.75 Å². The number of hydrogen-bond acceptors (Lipinski definition) is 4. The highest BCUT2D eigenvalue weighted by molar-refractivity contribution is 9.10. The topological polar surface area (TPSA) is 53.6 Å². The van der Waals surface area contributed by atoms with Crippen molar-refractivity contribution in [2.75, 3.05) is 31.6 Å². The number of benzene rings is 2. The molecule has 1 fully saturated rings. The number of aryl methyl sites for hydroxylation is 1. The molecule has 29 heavy (non-hydrogen) atoms. The Morgan fingerprint density at radius 3 is 2.79 bits per heavy atom. The molecule has 0 aliphatic carbocycles. The molecule has 5 nitrogen and oxygen atoms in total. The zero-order chi connectivity index (χ0) is 20.6. The molecule has 6 heteroatoms. The lowest BCUT2D eigenvalue weighted by Gasteiger charge is -2.23. The molecule has 1 heterocycles. The number of ether oxygens (including phenoxy) is 1. The summed E-state index contributed by atoms with van der Waals surface area (Å²) in [5.41, 5.74) is 2.98. The summed E-state index contributed by atoms with van der Waals surface area (Å²) in [6, 6.07) is 14.2. The molecular formula is C23H30BrN3O2. The Balaban J connectivity index is 1.52. The van der Waals surface area contributed by atoms with Gasteiger partial charge in [0.15, 0.2) is 6.61 Å². The molecule has 2 aromatic rings. The minimum atomic E-state index is -0.166. The van der Waals surface area contributed by atoms with Gasteiger partial charge in [0.05, 0.1) is 0 Å². The van der Waals surface area contributed by atoms with Crippen LogP contribution in [-0.4, -0.2) is 43.1 Å². The normalized spacial score (nSPS) is 16.7. The van der Waals surface area contributed by atoms with Crippen LogP contribution in [0.3, 0.4) is 0 Å².